The lowest BCUT2D eigenvalue weighted by molar-refractivity contribution is 0.302. The predicted octanol–water partition coefficient (Wildman–Crippen LogP) is 4.38. The van der Waals surface area contributed by atoms with Crippen LogP contribution < -0.4 is 10.1 Å². The van der Waals surface area contributed by atoms with Crippen molar-refractivity contribution in [1.29, 1.82) is 5.26 Å². The van der Waals surface area contributed by atoms with Gasteiger partial charge in [-0.1, -0.05) is 12.1 Å². The van der Waals surface area contributed by atoms with Crippen LogP contribution in [-0.4, -0.2) is 7.05 Å². The standard InChI is InChI=1S/C16H14Br2N2O/c1-20-9-13-6-14(17)16(15(18)7-13)21-10-12-4-2-11(8-19)3-5-12/h2-7,20H,9-10H2,1H3. The molecule has 0 bridgehead atoms. The summed E-state index contributed by atoms with van der Waals surface area (Å²) in [5, 5.41) is 11.9. The van der Waals surface area contributed by atoms with Gasteiger partial charge < -0.3 is 10.1 Å². The number of hydrogen-bond acceptors (Lipinski definition) is 3. The molecule has 2 rings (SSSR count). The van der Waals surface area contributed by atoms with Crippen molar-refractivity contribution in [1.82, 2.24) is 5.32 Å². The predicted molar refractivity (Wildman–Crippen MR) is 90.1 cm³/mol. The first kappa shape index (κ1) is 16.0. The molecule has 0 saturated heterocycles. The summed E-state index contributed by atoms with van der Waals surface area (Å²) in [4.78, 5) is 0. The van der Waals surface area contributed by atoms with Crippen LogP contribution in [0, 0.1) is 11.3 Å². The van der Waals surface area contributed by atoms with Crippen molar-refractivity contribution in [2.45, 2.75) is 13.2 Å². The number of nitriles is 1. The number of nitrogens with zero attached hydrogens (tertiary/aromatic N) is 1. The maximum Gasteiger partial charge on any atom is 0.148 e. The van der Waals surface area contributed by atoms with Crippen molar-refractivity contribution in [2.75, 3.05) is 7.05 Å². The first-order chi connectivity index (χ1) is 10.1. The molecule has 0 amide bonds. The molecule has 0 spiro atoms. The number of nitrogens with one attached hydrogen (secondary N) is 1. The molecule has 21 heavy (non-hydrogen) atoms. The third kappa shape index (κ3) is 4.31. The number of rotatable bonds is 5. The van der Waals surface area contributed by atoms with Gasteiger partial charge in [0.2, 0.25) is 0 Å². The number of hydrogen-bond donors (Lipinski definition) is 1. The molecule has 2 aromatic carbocycles. The van der Waals surface area contributed by atoms with Gasteiger partial charge in [-0.05, 0) is 74.3 Å². The first-order valence-electron chi connectivity index (χ1n) is 6.38. The molecule has 0 fully saturated rings. The van der Waals surface area contributed by atoms with Gasteiger partial charge in [0.15, 0.2) is 0 Å². The third-order valence-electron chi connectivity index (χ3n) is 2.91. The second-order valence-corrected chi connectivity index (χ2v) is 6.22. The van der Waals surface area contributed by atoms with Crippen molar-refractivity contribution in [3.63, 3.8) is 0 Å². The minimum Gasteiger partial charge on any atom is -0.487 e. The van der Waals surface area contributed by atoms with Crippen molar-refractivity contribution < 1.29 is 4.74 Å². The Morgan fingerprint density at radius 3 is 2.24 bits per heavy atom. The van der Waals surface area contributed by atoms with E-state index in [0.29, 0.717) is 12.2 Å². The highest BCUT2D eigenvalue weighted by Crippen LogP contribution is 2.35. The fourth-order valence-electron chi connectivity index (χ4n) is 1.89. The lowest BCUT2D eigenvalue weighted by atomic mass is 10.1. The van der Waals surface area contributed by atoms with Crippen LogP contribution in [0.25, 0.3) is 0 Å². The maximum atomic E-state index is 8.78. The van der Waals surface area contributed by atoms with E-state index >= 15 is 0 Å². The molecule has 0 radical (unpaired) electrons. The van der Waals surface area contributed by atoms with Gasteiger partial charge in [0.1, 0.15) is 12.4 Å². The molecule has 0 aliphatic heterocycles. The van der Waals surface area contributed by atoms with E-state index in [1.54, 1.807) is 12.1 Å². The Balaban J connectivity index is 2.10. The van der Waals surface area contributed by atoms with Gasteiger partial charge >= 0.3 is 0 Å². The molecule has 0 heterocycles. The largest absolute Gasteiger partial charge is 0.487 e. The molecular formula is C16H14Br2N2O. The van der Waals surface area contributed by atoms with Gasteiger partial charge in [0.25, 0.3) is 0 Å². The molecule has 0 saturated carbocycles. The monoisotopic (exact) mass is 408 g/mol. The molecule has 0 unspecified atom stereocenters. The molecule has 0 aromatic heterocycles. The van der Waals surface area contributed by atoms with Crippen LogP contribution in [0.3, 0.4) is 0 Å². The summed E-state index contributed by atoms with van der Waals surface area (Å²) < 4.78 is 7.69. The molecule has 5 heteroatoms. The SMILES string of the molecule is CNCc1cc(Br)c(OCc2ccc(C#N)cc2)c(Br)c1. The van der Waals surface area contributed by atoms with Gasteiger partial charge in [-0.3, -0.25) is 0 Å². The fraction of sp³-hybridized carbons (Fsp3) is 0.188. The van der Waals surface area contributed by atoms with E-state index in [0.717, 1.165) is 26.8 Å². The fourth-order valence-corrected chi connectivity index (χ4v) is 3.40. The Kier molecular flexibility index (Phi) is 5.80. The second-order valence-electron chi connectivity index (χ2n) is 4.52. The zero-order valence-corrected chi connectivity index (χ0v) is 14.7. The molecule has 1 N–H and O–H groups in total. The Morgan fingerprint density at radius 1 is 1.10 bits per heavy atom. The summed E-state index contributed by atoms with van der Waals surface area (Å²) >= 11 is 7.08. The number of halogens is 2. The van der Waals surface area contributed by atoms with Crippen molar-refractivity contribution in [3.8, 4) is 11.8 Å². The normalized spacial score (nSPS) is 10.2. The highest BCUT2D eigenvalue weighted by Gasteiger charge is 2.09. The van der Waals surface area contributed by atoms with Gasteiger partial charge in [-0.25, -0.2) is 0 Å². The van der Waals surface area contributed by atoms with Crippen molar-refractivity contribution >= 4 is 31.9 Å². The third-order valence-corrected chi connectivity index (χ3v) is 4.08. The van der Waals surface area contributed by atoms with E-state index in [-0.39, 0.29) is 0 Å². The van der Waals surface area contributed by atoms with E-state index in [1.165, 1.54) is 5.56 Å². The quantitative estimate of drug-likeness (QED) is 0.796. The minimum atomic E-state index is 0.453. The van der Waals surface area contributed by atoms with E-state index in [9.17, 15) is 0 Å². The molecule has 108 valence electrons. The summed E-state index contributed by atoms with van der Waals surface area (Å²) in [7, 11) is 1.91. The van der Waals surface area contributed by atoms with Crippen molar-refractivity contribution in [3.05, 3.63) is 62.0 Å². The summed E-state index contributed by atoms with van der Waals surface area (Å²) in [6.07, 6.45) is 0. The number of benzene rings is 2. The topological polar surface area (TPSA) is 45.0 Å². The first-order valence-corrected chi connectivity index (χ1v) is 7.97. The molecule has 0 atom stereocenters. The van der Waals surface area contributed by atoms with E-state index in [2.05, 4.69) is 43.2 Å². The van der Waals surface area contributed by atoms with Crippen LogP contribution >= 0.6 is 31.9 Å². The lowest BCUT2D eigenvalue weighted by Gasteiger charge is -2.12. The zero-order chi connectivity index (χ0) is 15.2. The molecular weight excluding hydrogens is 396 g/mol. The summed E-state index contributed by atoms with van der Waals surface area (Å²) in [6.45, 7) is 1.25. The Bertz CT molecular complexity index is 640. The van der Waals surface area contributed by atoms with Gasteiger partial charge in [0, 0.05) is 6.54 Å². The Hall–Kier alpha value is -1.35. The Labute approximate surface area is 141 Å². The smallest absolute Gasteiger partial charge is 0.148 e. The van der Waals surface area contributed by atoms with Crippen LogP contribution in [0.15, 0.2) is 45.3 Å². The summed E-state index contributed by atoms with van der Waals surface area (Å²) in [5.41, 5.74) is 2.84. The molecule has 0 aliphatic carbocycles. The highest BCUT2D eigenvalue weighted by molar-refractivity contribution is 9.11. The van der Waals surface area contributed by atoms with Crippen molar-refractivity contribution in [2.24, 2.45) is 0 Å². The summed E-state index contributed by atoms with van der Waals surface area (Å²) in [6, 6.07) is 13.6. The molecule has 0 aliphatic rings. The minimum absolute atomic E-state index is 0.453. The molecule has 3 nitrogen and oxygen atoms in total. The van der Waals surface area contributed by atoms with Crippen LogP contribution in [0.4, 0.5) is 0 Å². The van der Waals surface area contributed by atoms with Gasteiger partial charge in [-0.2, -0.15) is 5.26 Å². The zero-order valence-electron chi connectivity index (χ0n) is 11.5. The van der Waals surface area contributed by atoms with E-state index < -0.39 is 0 Å². The average molecular weight is 410 g/mol. The summed E-state index contributed by atoms with van der Waals surface area (Å²) in [5.74, 6) is 0.777. The maximum absolute atomic E-state index is 8.78. The van der Waals surface area contributed by atoms with Crippen LogP contribution in [0.2, 0.25) is 0 Å². The van der Waals surface area contributed by atoms with E-state index in [4.69, 9.17) is 10.00 Å². The van der Waals surface area contributed by atoms with Crippen LogP contribution in [0.5, 0.6) is 5.75 Å². The number of ether oxygens (including phenoxy) is 1. The lowest BCUT2D eigenvalue weighted by Crippen LogP contribution is -2.05. The Morgan fingerprint density at radius 2 is 1.71 bits per heavy atom. The van der Waals surface area contributed by atoms with Crippen LogP contribution in [0.1, 0.15) is 16.7 Å². The molecule has 2 aromatic rings. The second kappa shape index (κ2) is 7.60. The van der Waals surface area contributed by atoms with Gasteiger partial charge in [-0.15, -0.1) is 0 Å². The highest BCUT2D eigenvalue weighted by atomic mass is 79.9. The van der Waals surface area contributed by atoms with Crippen LogP contribution in [-0.2, 0) is 13.2 Å². The van der Waals surface area contributed by atoms with E-state index in [1.807, 2.05) is 31.3 Å². The average Bonchev–Trinajstić information content (AvgIpc) is 2.47. The van der Waals surface area contributed by atoms with Gasteiger partial charge in [0.05, 0.1) is 20.6 Å².